The maximum atomic E-state index is 12.0. The second-order valence-corrected chi connectivity index (χ2v) is 7.42. The number of halogens is 1. The third-order valence-electron chi connectivity index (χ3n) is 4.23. The van der Waals surface area contributed by atoms with Crippen LogP contribution in [0.5, 0.6) is 0 Å². The molecule has 5 heteroatoms. The molecule has 21 heavy (non-hydrogen) atoms. The van der Waals surface area contributed by atoms with Gasteiger partial charge >= 0.3 is 0 Å². The molecular formula is C16H21ClN2OS. The van der Waals surface area contributed by atoms with E-state index in [1.54, 1.807) is 11.8 Å². The molecule has 0 spiro atoms. The Labute approximate surface area is 135 Å². The van der Waals surface area contributed by atoms with E-state index in [4.69, 9.17) is 11.6 Å². The minimum atomic E-state index is 0.160. The molecule has 2 bridgehead atoms. The topological polar surface area (TPSA) is 41.1 Å². The number of rotatable bonds is 5. The van der Waals surface area contributed by atoms with Gasteiger partial charge in [0.25, 0.3) is 0 Å². The molecule has 2 heterocycles. The monoisotopic (exact) mass is 324 g/mol. The summed E-state index contributed by atoms with van der Waals surface area (Å²) in [6, 6.07) is 9.42. The third-order valence-corrected chi connectivity index (χ3v) is 5.47. The first-order valence-corrected chi connectivity index (χ1v) is 9.10. The Morgan fingerprint density at radius 2 is 2.10 bits per heavy atom. The fourth-order valence-corrected chi connectivity index (χ4v) is 4.33. The fraction of sp³-hybridized carbons (Fsp3) is 0.562. The Balaban J connectivity index is 1.38. The number of carbonyl (C=O) groups is 1. The molecular weight excluding hydrogens is 304 g/mol. The maximum absolute atomic E-state index is 12.0. The molecule has 0 aromatic heterocycles. The highest BCUT2D eigenvalue weighted by Crippen LogP contribution is 2.26. The summed E-state index contributed by atoms with van der Waals surface area (Å²) in [7, 11) is 0. The van der Waals surface area contributed by atoms with Gasteiger partial charge in [0.05, 0.1) is 5.75 Å². The first-order valence-electron chi connectivity index (χ1n) is 7.56. The van der Waals surface area contributed by atoms with Gasteiger partial charge in [-0.2, -0.15) is 0 Å². The van der Waals surface area contributed by atoms with Crippen LogP contribution in [-0.2, 0) is 10.5 Å². The number of thioether (sulfide) groups is 1. The van der Waals surface area contributed by atoms with Gasteiger partial charge in [-0.25, -0.2) is 0 Å². The summed E-state index contributed by atoms with van der Waals surface area (Å²) in [6.07, 6.45) is 4.70. The standard InChI is InChI=1S/C16H21ClN2OS/c17-12-3-1-2-11(6-12)9-21-10-16(20)19-15-7-13-4-5-14(8-15)18-13/h1-3,6,13-15,18H,4-5,7-10H2,(H,19,20). The normalized spacial score (nSPS) is 27.6. The molecule has 1 aromatic carbocycles. The van der Waals surface area contributed by atoms with Crippen LogP contribution in [0.15, 0.2) is 24.3 Å². The van der Waals surface area contributed by atoms with Crippen LogP contribution < -0.4 is 10.6 Å². The Morgan fingerprint density at radius 1 is 1.33 bits per heavy atom. The Bertz CT molecular complexity index is 499. The molecule has 2 aliphatic heterocycles. The smallest absolute Gasteiger partial charge is 0.230 e. The number of nitrogens with one attached hydrogen (secondary N) is 2. The van der Waals surface area contributed by atoms with Crippen molar-refractivity contribution < 1.29 is 4.79 Å². The number of hydrogen-bond acceptors (Lipinski definition) is 3. The minimum Gasteiger partial charge on any atom is -0.353 e. The van der Waals surface area contributed by atoms with Crippen molar-refractivity contribution in [2.24, 2.45) is 0 Å². The van der Waals surface area contributed by atoms with E-state index in [2.05, 4.69) is 10.6 Å². The fourth-order valence-electron chi connectivity index (χ4n) is 3.33. The summed E-state index contributed by atoms with van der Waals surface area (Å²) < 4.78 is 0. The van der Waals surface area contributed by atoms with E-state index in [1.165, 1.54) is 18.4 Å². The summed E-state index contributed by atoms with van der Waals surface area (Å²) in [5.74, 6) is 1.50. The third kappa shape index (κ3) is 4.38. The molecule has 1 amide bonds. The lowest BCUT2D eigenvalue weighted by molar-refractivity contribution is -0.119. The van der Waals surface area contributed by atoms with Gasteiger partial charge in [-0.1, -0.05) is 23.7 Å². The second-order valence-electron chi connectivity index (χ2n) is 6.00. The zero-order chi connectivity index (χ0) is 14.7. The molecule has 1 aromatic rings. The van der Waals surface area contributed by atoms with Gasteiger partial charge < -0.3 is 10.6 Å². The summed E-state index contributed by atoms with van der Waals surface area (Å²) >= 11 is 7.60. The van der Waals surface area contributed by atoms with Crippen molar-refractivity contribution in [2.75, 3.05) is 5.75 Å². The Hall–Kier alpha value is -0.710. The van der Waals surface area contributed by atoms with Gasteiger partial charge in [0.2, 0.25) is 5.91 Å². The SMILES string of the molecule is O=C(CSCc1cccc(Cl)c1)NC1CC2CCC(C1)N2. The molecule has 0 aliphatic carbocycles. The number of hydrogen-bond donors (Lipinski definition) is 2. The molecule has 3 nitrogen and oxygen atoms in total. The van der Waals surface area contributed by atoms with E-state index in [-0.39, 0.29) is 5.91 Å². The van der Waals surface area contributed by atoms with Crippen LogP contribution in [0.1, 0.15) is 31.2 Å². The van der Waals surface area contributed by atoms with Crippen molar-refractivity contribution in [3.8, 4) is 0 Å². The van der Waals surface area contributed by atoms with Crippen LogP contribution in [0.2, 0.25) is 5.02 Å². The van der Waals surface area contributed by atoms with Gasteiger partial charge in [0.1, 0.15) is 0 Å². The van der Waals surface area contributed by atoms with Crippen LogP contribution >= 0.6 is 23.4 Å². The number of fused-ring (bicyclic) bond motifs is 2. The molecule has 2 N–H and O–H groups in total. The maximum Gasteiger partial charge on any atom is 0.230 e. The van der Waals surface area contributed by atoms with Crippen molar-refractivity contribution in [3.63, 3.8) is 0 Å². The molecule has 0 radical (unpaired) electrons. The summed E-state index contributed by atoms with van der Waals surface area (Å²) in [5, 5.41) is 7.54. The Morgan fingerprint density at radius 3 is 2.81 bits per heavy atom. The molecule has 2 fully saturated rings. The zero-order valence-corrected chi connectivity index (χ0v) is 13.6. The van der Waals surface area contributed by atoms with E-state index < -0.39 is 0 Å². The predicted octanol–water partition coefficient (Wildman–Crippen LogP) is 2.97. The quantitative estimate of drug-likeness (QED) is 0.875. The van der Waals surface area contributed by atoms with E-state index >= 15 is 0 Å². The number of piperidine rings is 1. The highest BCUT2D eigenvalue weighted by Gasteiger charge is 2.33. The van der Waals surface area contributed by atoms with Crippen molar-refractivity contribution in [2.45, 2.75) is 49.6 Å². The first-order chi connectivity index (χ1) is 10.2. The van der Waals surface area contributed by atoms with Crippen LogP contribution in [-0.4, -0.2) is 29.8 Å². The number of carbonyl (C=O) groups excluding carboxylic acids is 1. The average Bonchev–Trinajstić information content (AvgIpc) is 2.78. The minimum absolute atomic E-state index is 0.160. The van der Waals surface area contributed by atoms with Gasteiger partial charge in [-0.05, 0) is 43.4 Å². The van der Waals surface area contributed by atoms with Gasteiger partial charge in [0, 0.05) is 28.9 Å². The van der Waals surface area contributed by atoms with Crippen molar-refractivity contribution in [1.82, 2.24) is 10.6 Å². The van der Waals surface area contributed by atoms with Crippen molar-refractivity contribution >= 4 is 29.3 Å². The summed E-state index contributed by atoms with van der Waals surface area (Å²) in [6.45, 7) is 0. The lowest BCUT2D eigenvalue weighted by Gasteiger charge is -2.29. The van der Waals surface area contributed by atoms with E-state index in [0.717, 1.165) is 23.6 Å². The van der Waals surface area contributed by atoms with Gasteiger partial charge in [0.15, 0.2) is 0 Å². The van der Waals surface area contributed by atoms with Crippen LogP contribution in [0, 0.1) is 0 Å². The lowest BCUT2D eigenvalue weighted by atomic mass is 10.00. The van der Waals surface area contributed by atoms with Gasteiger partial charge in [-0.3, -0.25) is 4.79 Å². The average molecular weight is 325 g/mol. The molecule has 2 atom stereocenters. The first kappa shape index (κ1) is 15.2. The number of amides is 1. The lowest BCUT2D eigenvalue weighted by Crippen LogP contribution is -2.48. The van der Waals surface area contributed by atoms with Crippen LogP contribution in [0.3, 0.4) is 0 Å². The van der Waals surface area contributed by atoms with Gasteiger partial charge in [-0.15, -0.1) is 11.8 Å². The molecule has 3 rings (SSSR count). The van der Waals surface area contributed by atoms with Crippen LogP contribution in [0.4, 0.5) is 0 Å². The van der Waals surface area contributed by atoms with E-state index in [0.29, 0.717) is 23.9 Å². The molecule has 2 aliphatic rings. The van der Waals surface area contributed by atoms with E-state index in [9.17, 15) is 4.79 Å². The zero-order valence-electron chi connectivity index (χ0n) is 12.0. The van der Waals surface area contributed by atoms with E-state index in [1.807, 2.05) is 24.3 Å². The van der Waals surface area contributed by atoms with Crippen LogP contribution in [0.25, 0.3) is 0 Å². The number of benzene rings is 1. The largest absolute Gasteiger partial charge is 0.353 e. The molecule has 0 saturated carbocycles. The highest BCUT2D eigenvalue weighted by atomic mass is 35.5. The Kier molecular flexibility index (Phi) is 5.09. The van der Waals surface area contributed by atoms with Crippen molar-refractivity contribution in [3.05, 3.63) is 34.9 Å². The summed E-state index contributed by atoms with van der Waals surface area (Å²) in [5.41, 5.74) is 1.17. The summed E-state index contributed by atoms with van der Waals surface area (Å²) in [4.78, 5) is 12.0. The molecule has 2 saturated heterocycles. The van der Waals surface area contributed by atoms with Crippen molar-refractivity contribution in [1.29, 1.82) is 0 Å². The highest BCUT2D eigenvalue weighted by molar-refractivity contribution is 7.99. The predicted molar refractivity (Wildman–Crippen MR) is 88.7 cm³/mol. The molecule has 114 valence electrons. The molecule has 2 unspecified atom stereocenters. The second kappa shape index (κ2) is 7.03.